The quantitative estimate of drug-likeness (QED) is 0.209. The number of hydrazone groups is 1. The van der Waals surface area contributed by atoms with E-state index in [2.05, 4.69) is 9.93 Å². The fourth-order valence-electron chi connectivity index (χ4n) is 2.70. The zero-order valence-electron chi connectivity index (χ0n) is 17.8. The number of methoxy groups -OCH3 is 1. The van der Waals surface area contributed by atoms with Gasteiger partial charge in [0.05, 0.1) is 30.4 Å². The van der Waals surface area contributed by atoms with Crippen molar-refractivity contribution in [1.82, 2.24) is 4.83 Å². The van der Waals surface area contributed by atoms with Crippen LogP contribution in [0.4, 0.5) is 0 Å². The zero-order chi connectivity index (χ0) is 23.8. The third-order valence-electron chi connectivity index (χ3n) is 4.30. The van der Waals surface area contributed by atoms with Crippen molar-refractivity contribution in [3.8, 4) is 17.2 Å². The Bertz CT molecular complexity index is 1240. The average molecular weight is 489 g/mol. The van der Waals surface area contributed by atoms with Gasteiger partial charge >= 0.3 is 5.97 Å². The topological polar surface area (TPSA) is 103 Å². The van der Waals surface area contributed by atoms with E-state index in [1.54, 1.807) is 36.4 Å². The summed E-state index contributed by atoms with van der Waals surface area (Å²) in [6, 6.07) is 16.9. The van der Waals surface area contributed by atoms with Gasteiger partial charge in [-0.05, 0) is 79.2 Å². The molecule has 172 valence electrons. The molecular formula is C23H21ClN2O6S. The van der Waals surface area contributed by atoms with Gasteiger partial charge in [0, 0.05) is 5.02 Å². The molecule has 8 nitrogen and oxygen atoms in total. The lowest BCUT2D eigenvalue weighted by Crippen LogP contribution is -2.18. The molecule has 0 bridgehead atoms. The molecule has 0 atom stereocenters. The maximum absolute atomic E-state index is 12.4. The number of hydrogen-bond donors (Lipinski definition) is 1. The minimum absolute atomic E-state index is 0.0261. The summed E-state index contributed by atoms with van der Waals surface area (Å²) in [5.41, 5.74) is 0.870. The van der Waals surface area contributed by atoms with E-state index >= 15 is 0 Å². The van der Waals surface area contributed by atoms with Crippen LogP contribution in [-0.2, 0) is 10.0 Å². The number of esters is 1. The summed E-state index contributed by atoms with van der Waals surface area (Å²) in [6.07, 6.45) is 1.30. The summed E-state index contributed by atoms with van der Waals surface area (Å²) in [5.74, 6) is 0.574. The van der Waals surface area contributed by atoms with Crippen molar-refractivity contribution in [2.24, 2.45) is 5.10 Å². The standard InChI is InChI=1S/C23H21ClN2O6S/c1-3-31-19-9-5-17(6-10-19)23(27)32-21-13-4-16(14-22(21)30-2)15-25-26-33(28,29)20-11-7-18(24)8-12-20/h4-15,26H,3H2,1-2H3/b25-15+. The number of sulfonamides is 1. The normalized spacial score (nSPS) is 11.2. The molecule has 3 aromatic carbocycles. The van der Waals surface area contributed by atoms with Crippen molar-refractivity contribution >= 4 is 33.8 Å². The van der Waals surface area contributed by atoms with Gasteiger partial charge in [-0.1, -0.05) is 11.6 Å². The van der Waals surface area contributed by atoms with E-state index in [1.807, 2.05) is 6.92 Å². The van der Waals surface area contributed by atoms with Crippen LogP contribution in [0.25, 0.3) is 0 Å². The van der Waals surface area contributed by atoms with Gasteiger partial charge < -0.3 is 14.2 Å². The van der Waals surface area contributed by atoms with E-state index in [0.29, 0.717) is 28.5 Å². The highest BCUT2D eigenvalue weighted by Crippen LogP contribution is 2.28. The molecule has 0 aliphatic rings. The Hall–Kier alpha value is -3.56. The van der Waals surface area contributed by atoms with E-state index < -0.39 is 16.0 Å². The van der Waals surface area contributed by atoms with Gasteiger partial charge in [-0.25, -0.2) is 9.63 Å². The van der Waals surface area contributed by atoms with E-state index in [1.165, 1.54) is 43.7 Å². The summed E-state index contributed by atoms with van der Waals surface area (Å²) in [5, 5.41) is 4.20. The monoisotopic (exact) mass is 488 g/mol. The summed E-state index contributed by atoms with van der Waals surface area (Å²) >= 11 is 5.78. The molecule has 0 aliphatic heterocycles. The molecule has 10 heteroatoms. The maximum atomic E-state index is 12.4. The van der Waals surface area contributed by atoms with Crippen molar-refractivity contribution in [2.45, 2.75) is 11.8 Å². The predicted octanol–water partition coefficient (Wildman–Crippen LogP) is 4.28. The number of nitrogens with one attached hydrogen (secondary N) is 1. The SMILES string of the molecule is CCOc1ccc(C(=O)Oc2ccc(/C=N/NS(=O)(=O)c3ccc(Cl)cc3)cc2OC)cc1. The van der Waals surface area contributed by atoms with Crippen LogP contribution in [0.2, 0.25) is 5.02 Å². The van der Waals surface area contributed by atoms with Gasteiger partial charge in [0.15, 0.2) is 11.5 Å². The van der Waals surface area contributed by atoms with Crippen LogP contribution in [0.15, 0.2) is 76.7 Å². The van der Waals surface area contributed by atoms with Crippen LogP contribution in [0, 0.1) is 0 Å². The third-order valence-corrected chi connectivity index (χ3v) is 5.79. The molecule has 0 fully saturated rings. The first-order valence-corrected chi connectivity index (χ1v) is 11.6. The largest absolute Gasteiger partial charge is 0.494 e. The Balaban J connectivity index is 1.68. The van der Waals surface area contributed by atoms with Crippen LogP contribution in [0.3, 0.4) is 0 Å². The fraction of sp³-hybridized carbons (Fsp3) is 0.130. The predicted molar refractivity (Wildman–Crippen MR) is 125 cm³/mol. The van der Waals surface area contributed by atoms with Crippen molar-refractivity contribution in [3.63, 3.8) is 0 Å². The molecule has 0 spiro atoms. The van der Waals surface area contributed by atoms with Crippen LogP contribution >= 0.6 is 11.6 Å². The van der Waals surface area contributed by atoms with Crippen LogP contribution < -0.4 is 19.0 Å². The highest BCUT2D eigenvalue weighted by Gasteiger charge is 2.14. The van der Waals surface area contributed by atoms with Crippen LogP contribution in [-0.4, -0.2) is 34.3 Å². The van der Waals surface area contributed by atoms with Gasteiger partial charge in [-0.3, -0.25) is 0 Å². The summed E-state index contributed by atoms with van der Waals surface area (Å²) in [6.45, 7) is 2.40. The molecule has 1 N–H and O–H groups in total. The minimum Gasteiger partial charge on any atom is -0.494 e. The molecule has 33 heavy (non-hydrogen) atoms. The molecule has 3 aromatic rings. The van der Waals surface area contributed by atoms with E-state index in [9.17, 15) is 13.2 Å². The maximum Gasteiger partial charge on any atom is 0.343 e. The second kappa shape index (κ2) is 10.8. The fourth-order valence-corrected chi connectivity index (χ4v) is 3.62. The number of benzene rings is 3. The van der Waals surface area contributed by atoms with Gasteiger partial charge in [0.2, 0.25) is 0 Å². The molecule has 0 aliphatic carbocycles. The Morgan fingerprint density at radius 2 is 1.73 bits per heavy atom. The Morgan fingerprint density at radius 1 is 1.03 bits per heavy atom. The van der Waals surface area contributed by atoms with Crippen LogP contribution in [0.5, 0.6) is 17.2 Å². The second-order valence-electron chi connectivity index (χ2n) is 6.56. The van der Waals surface area contributed by atoms with E-state index in [-0.39, 0.29) is 16.4 Å². The average Bonchev–Trinajstić information content (AvgIpc) is 2.80. The molecule has 0 unspecified atom stereocenters. The minimum atomic E-state index is -3.84. The lowest BCUT2D eigenvalue weighted by molar-refractivity contribution is 0.0729. The van der Waals surface area contributed by atoms with Crippen molar-refractivity contribution in [2.75, 3.05) is 13.7 Å². The molecule has 0 radical (unpaired) electrons. The zero-order valence-corrected chi connectivity index (χ0v) is 19.4. The molecular weight excluding hydrogens is 468 g/mol. The van der Waals surface area contributed by atoms with Gasteiger partial charge in [0.25, 0.3) is 10.0 Å². The lowest BCUT2D eigenvalue weighted by atomic mass is 10.2. The Labute approximate surface area is 196 Å². The van der Waals surface area contributed by atoms with Crippen molar-refractivity contribution in [3.05, 3.63) is 82.9 Å². The second-order valence-corrected chi connectivity index (χ2v) is 8.66. The van der Waals surface area contributed by atoms with Gasteiger partial charge in [-0.15, -0.1) is 0 Å². The first kappa shape index (κ1) is 24.1. The van der Waals surface area contributed by atoms with E-state index in [4.69, 9.17) is 25.8 Å². The number of carbonyl (C=O) groups excluding carboxylic acids is 1. The number of ether oxygens (including phenoxy) is 3. The number of hydrogen-bond acceptors (Lipinski definition) is 7. The summed E-state index contributed by atoms with van der Waals surface area (Å²) < 4.78 is 40.6. The van der Waals surface area contributed by atoms with Gasteiger partial charge in [-0.2, -0.15) is 13.5 Å². The lowest BCUT2D eigenvalue weighted by Gasteiger charge is -2.10. The molecule has 0 amide bonds. The summed E-state index contributed by atoms with van der Waals surface area (Å²) in [4.78, 5) is 14.6. The highest BCUT2D eigenvalue weighted by atomic mass is 35.5. The van der Waals surface area contributed by atoms with Crippen molar-refractivity contribution < 1.29 is 27.4 Å². The molecule has 0 heterocycles. The third kappa shape index (κ3) is 6.47. The first-order chi connectivity index (χ1) is 15.8. The smallest absolute Gasteiger partial charge is 0.343 e. The Kier molecular flexibility index (Phi) is 7.92. The number of halogens is 1. The van der Waals surface area contributed by atoms with Gasteiger partial charge in [0.1, 0.15) is 5.75 Å². The Morgan fingerprint density at radius 3 is 2.36 bits per heavy atom. The summed E-state index contributed by atoms with van der Waals surface area (Å²) in [7, 11) is -2.42. The highest BCUT2D eigenvalue weighted by molar-refractivity contribution is 7.89. The molecule has 0 saturated carbocycles. The van der Waals surface area contributed by atoms with Crippen molar-refractivity contribution in [1.29, 1.82) is 0 Å². The molecule has 0 aromatic heterocycles. The number of rotatable bonds is 9. The molecule has 3 rings (SSSR count). The first-order valence-electron chi connectivity index (χ1n) is 9.76. The van der Waals surface area contributed by atoms with Crippen LogP contribution in [0.1, 0.15) is 22.8 Å². The molecule has 0 saturated heterocycles. The van der Waals surface area contributed by atoms with E-state index in [0.717, 1.165) is 0 Å². The number of nitrogens with zero attached hydrogens (tertiary/aromatic N) is 1. The number of carbonyl (C=O) groups is 1.